The van der Waals surface area contributed by atoms with Crippen molar-refractivity contribution in [2.75, 3.05) is 5.32 Å². The maximum atomic E-state index is 12.3. The number of nitrogens with one attached hydrogen (secondary N) is 1. The minimum Gasteiger partial charge on any atom is -0.361 e. The third-order valence-electron chi connectivity index (χ3n) is 3.76. The van der Waals surface area contributed by atoms with Crippen molar-refractivity contribution in [2.45, 2.75) is 13.8 Å². The summed E-state index contributed by atoms with van der Waals surface area (Å²) in [5.74, 6) is 0.292. The monoisotopic (exact) mass is 350 g/mol. The van der Waals surface area contributed by atoms with Gasteiger partial charge in [0.25, 0.3) is 5.91 Å². The van der Waals surface area contributed by atoms with E-state index in [1.54, 1.807) is 19.2 Å². The number of carbonyl (C=O) groups excluding carboxylic acids is 1. The highest BCUT2D eigenvalue weighted by atomic mass is 32.1. The number of rotatable bonds is 3. The van der Waals surface area contributed by atoms with Crippen molar-refractivity contribution < 1.29 is 9.32 Å². The first-order chi connectivity index (χ1) is 12.1. The topological polar surface area (TPSA) is 80.9 Å². The summed E-state index contributed by atoms with van der Waals surface area (Å²) in [6.45, 7) is 3.68. The SMILES string of the molecule is Cc1cc(C(=O)Nc2cc(-c3nc4cccnc4s3)ccc2C)no1. The molecule has 3 aromatic heterocycles. The fourth-order valence-electron chi connectivity index (χ4n) is 2.44. The minimum absolute atomic E-state index is 0.256. The maximum Gasteiger partial charge on any atom is 0.277 e. The van der Waals surface area contributed by atoms with Crippen LogP contribution in [-0.4, -0.2) is 21.0 Å². The zero-order valence-electron chi connectivity index (χ0n) is 13.6. The summed E-state index contributed by atoms with van der Waals surface area (Å²) < 4.78 is 4.95. The number of thiazole rings is 1. The summed E-state index contributed by atoms with van der Waals surface area (Å²) in [4.78, 5) is 22.1. The lowest BCUT2D eigenvalue weighted by atomic mass is 10.1. The van der Waals surface area contributed by atoms with E-state index in [4.69, 9.17) is 4.52 Å². The predicted molar refractivity (Wildman–Crippen MR) is 96.8 cm³/mol. The number of hydrogen-bond acceptors (Lipinski definition) is 6. The molecule has 0 spiro atoms. The average molecular weight is 350 g/mol. The molecule has 25 heavy (non-hydrogen) atoms. The number of aromatic nitrogens is 3. The molecule has 1 N–H and O–H groups in total. The molecule has 0 unspecified atom stereocenters. The Morgan fingerprint density at radius 3 is 2.84 bits per heavy atom. The van der Waals surface area contributed by atoms with Crippen LogP contribution in [0.2, 0.25) is 0 Å². The van der Waals surface area contributed by atoms with Crippen molar-refractivity contribution in [3.05, 3.63) is 59.6 Å². The third-order valence-corrected chi connectivity index (χ3v) is 4.79. The van der Waals surface area contributed by atoms with Crippen molar-refractivity contribution in [1.82, 2.24) is 15.1 Å². The van der Waals surface area contributed by atoms with Gasteiger partial charge in [0.15, 0.2) is 5.69 Å². The predicted octanol–water partition coefficient (Wildman–Crippen LogP) is 4.22. The summed E-state index contributed by atoms with van der Waals surface area (Å²) in [7, 11) is 0. The molecule has 0 fully saturated rings. The Balaban J connectivity index is 1.67. The summed E-state index contributed by atoms with van der Waals surface area (Å²) in [6.07, 6.45) is 1.75. The van der Waals surface area contributed by atoms with E-state index in [2.05, 4.69) is 20.4 Å². The second-order valence-electron chi connectivity index (χ2n) is 5.65. The Morgan fingerprint density at radius 2 is 2.08 bits per heavy atom. The van der Waals surface area contributed by atoms with E-state index in [-0.39, 0.29) is 11.6 Å². The Kier molecular flexibility index (Phi) is 3.77. The molecule has 3 heterocycles. The Bertz CT molecular complexity index is 1050. The normalized spacial score (nSPS) is 11.0. The Labute approximate surface area is 147 Å². The van der Waals surface area contributed by atoms with Gasteiger partial charge in [-0.15, -0.1) is 0 Å². The second-order valence-corrected chi connectivity index (χ2v) is 6.63. The molecule has 0 radical (unpaired) electrons. The summed E-state index contributed by atoms with van der Waals surface area (Å²) in [5, 5.41) is 7.49. The molecule has 6 nitrogen and oxygen atoms in total. The van der Waals surface area contributed by atoms with Crippen molar-refractivity contribution in [3.63, 3.8) is 0 Å². The van der Waals surface area contributed by atoms with Gasteiger partial charge >= 0.3 is 0 Å². The van der Waals surface area contributed by atoms with E-state index in [1.165, 1.54) is 11.3 Å². The van der Waals surface area contributed by atoms with Gasteiger partial charge in [-0.2, -0.15) is 0 Å². The first-order valence-corrected chi connectivity index (χ1v) is 8.49. The third kappa shape index (κ3) is 3.01. The molecule has 0 saturated carbocycles. The summed E-state index contributed by atoms with van der Waals surface area (Å²) in [5.41, 5.74) is 3.73. The maximum absolute atomic E-state index is 12.3. The standard InChI is InChI=1S/C18H14N4O2S/c1-10-5-6-12(17-21-13-4-3-7-19-18(13)25-17)9-14(10)20-16(23)15-8-11(2)24-22-15/h3-9H,1-2H3,(H,20,23). The molecule has 4 aromatic rings. The highest BCUT2D eigenvalue weighted by molar-refractivity contribution is 7.21. The van der Waals surface area contributed by atoms with Gasteiger partial charge in [-0.25, -0.2) is 9.97 Å². The van der Waals surface area contributed by atoms with Crippen LogP contribution < -0.4 is 5.32 Å². The van der Waals surface area contributed by atoms with Crippen LogP contribution in [0.25, 0.3) is 20.9 Å². The molecule has 1 aromatic carbocycles. The van der Waals surface area contributed by atoms with E-state index in [9.17, 15) is 4.79 Å². The fraction of sp³-hybridized carbons (Fsp3) is 0.111. The second kappa shape index (κ2) is 6.10. The van der Waals surface area contributed by atoms with Crippen LogP contribution in [0.5, 0.6) is 0 Å². The molecular formula is C18H14N4O2S. The largest absolute Gasteiger partial charge is 0.361 e. The minimum atomic E-state index is -0.303. The number of fused-ring (bicyclic) bond motifs is 1. The van der Waals surface area contributed by atoms with Crippen molar-refractivity contribution in [1.29, 1.82) is 0 Å². The lowest BCUT2D eigenvalue weighted by Crippen LogP contribution is -2.13. The van der Waals surface area contributed by atoms with Crippen LogP contribution in [0.3, 0.4) is 0 Å². The van der Waals surface area contributed by atoms with Gasteiger partial charge in [0.2, 0.25) is 0 Å². The zero-order valence-corrected chi connectivity index (χ0v) is 14.4. The molecule has 0 aliphatic rings. The Morgan fingerprint density at radius 1 is 1.20 bits per heavy atom. The van der Waals surface area contributed by atoms with E-state index in [0.717, 1.165) is 32.2 Å². The fourth-order valence-corrected chi connectivity index (χ4v) is 3.35. The number of anilines is 1. The quantitative estimate of drug-likeness (QED) is 0.598. The van der Waals surface area contributed by atoms with Gasteiger partial charge in [-0.3, -0.25) is 4.79 Å². The van der Waals surface area contributed by atoms with Crippen LogP contribution >= 0.6 is 11.3 Å². The van der Waals surface area contributed by atoms with Gasteiger partial charge in [-0.05, 0) is 37.6 Å². The zero-order chi connectivity index (χ0) is 17.4. The van der Waals surface area contributed by atoms with Gasteiger partial charge in [0.05, 0.1) is 0 Å². The Hall–Kier alpha value is -3.06. The number of aryl methyl sites for hydroxylation is 2. The highest BCUT2D eigenvalue weighted by Crippen LogP contribution is 2.31. The van der Waals surface area contributed by atoms with E-state index in [0.29, 0.717) is 5.76 Å². The molecule has 0 bridgehead atoms. The summed E-state index contributed by atoms with van der Waals surface area (Å²) in [6, 6.07) is 11.3. The molecule has 0 aliphatic carbocycles. The van der Waals surface area contributed by atoms with E-state index >= 15 is 0 Å². The number of pyridine rings is 1. The summed E-state index contributed by atoms with van der Waals surface area (Å²) >= 11 is 1.52. The first-order valence-electron chi connectivity index (χ1n) is 7.67. The van der Waals surface area contributed by atoms with Crippen molar-refractivity contribution in [3.8, 4) is 10.6 Å². The molecule has 124 valence electrons. The number of hydrogen-bond donors (Lipinski definition) is 1. The van der Waals surface area contributed by atoms with Crippen LogP contribution in [0.15, 0.2) is 47.1 Å². The number of nitrogens with zero attached hydrogens (tertiary/aromatic N) is 3. The van der Waals surface area contributed by atoms with Crippen molar-refractivity contribution in [2.24, 2.45) is 0 Å². The van der Waals surface area contributed by atoms with Crippen LogP contribution in [0, 0.1) is 13.8 Å². The van der Waals surface area contributed by atoms with Crippen LogP contribution in [-0.2, 0) is 0 Å². The average Bonchev–Trinajstić information content (AvgIpc) is 3.23. The molecule has 1 amide bonds. The van der Waals surface area contributed by atoms with Gasteiger partial charge in [-0.1, -0.05) is 28.6 Å². The number of benzene rings is 1. The van der Waals surface area contributed by atoms with Gasteiger partial charge in [0, 0.05) is 23.5 Å². The molecule has 0 saturated heterocycles. The van der Waals surface area contributed by atoms with E-state index in [1.807, 2.05) is 37.3 Å². The number of amides is 1. The van der Waals surface area contributed by atoms with Crippen LogP contribution in [0.4, 0.5) is 5.69 Å². The molecule has 0 atom stereocenters. The highest BCUT2D eigenvalue weighted by Gasteiger charge is 2.14. The van der Waals surface area contributed by atoms with E-state index < -0.39 is 0 Å². The number of carbonyl (C=O) groups is 1. The molecular weight excluding hydrogens is 336 g/mol. The van der Waals surface area contributed by atoms with Gasteiger partial charge in [0.1, 0.15) is 21.1 Å². The smallest absolute Gasteiger partial charge is 0.277 e. The first kappa shape index (κ1) is 15.5. The van der Waals surface area contributed by atoms with Gasteiger partial charge < -0.3 is 9.84 Å². The molecule has 4 rings (SSSR count). The van der Waals surface area contributed by atoms with Crippen molar-refractivity contribution >= 4 is 33.3 Å². The lowest BCUT2D eigenvalue weighted by Gasteiger charge is -2.08. The molecule has 0 aliphatic heterocycles. The van der Waals surface area contributed by atoms with Crippen LogP contribution in [0.1, 0.15) is 21.8 Å². The molecule has 7 heteroatoms. The lowest BCUT2D eigenvalue weighted by molar-refractivity contribution is 0.101.